The lowest BCUT2D eigenvalue weighted by molar-refractivity contribution is -0.385. The van der Waals surface area contributed by atoms with Crippen LogP contribution in [0.2, 0.25) is 0 Å². The number of ether oxygens (including phenoxy) is 2. The van der Waals surface area contributed by atoms with Crippen LogP contribution in [0.3, 0.4) is 0 Å². The van der Waals surface area contributed by atoms with Crippen LogP contribution in [0.5, 0.6) is 11.5 Å². The molecule has 48 heavy (non-hydrogen) atoms. The van der Waals surface area contributed by atoms with E-state index in [9.17, 15) is 19.7 Å². The SMILES string of the molecule is CCOc1cc(C)c(-c2nc3ccccc3c(=O)n2N=Cc2cc(Br)c(OCC(=O)Nc3ccccc3C)c([N+](=O)[O-])c2)cc1C(C)C. The Hall–Kier alpha value is -5.36. The van der Waals surface area contributed by atoms with Crippen LogP contribution in [-0.4, -0.2) is 39.9 Å². The number of halogens is 1. The Morgan fingerprint density at radius 1 is 1.06 bits per heavy atom. The van der Waals surface area contributed by atoms with Gasteiger partial charge in [0.05, 0.1) is 33.1 Å². The molecule has 1 aromatic heterocycles. The third-order valence-corrected chi connectivity index (χ3v) is 8.19. The summed E-state index contributed by atoms with van der Waals surface area (Å²) in [4.78, 5) is 42.8. The summed E-state index contributed by atoms with van der Waals surface area (Å²) < 4.78 is 13.0. The molecule has 5 aromatic rings. The molecule has 4 aromatic carbocycles. The Morgan fingerprint density at radius 2 is 1.79 bits per heavy atom. The number of hydrogen-bond acceptors (Lipinski definition) is 8. The number of nitro benzene ring substituents is 1. The number of anilines is 1. The van der Waals surface area contributed by atoms with Gasteiger partial charge in [-0.15, -0.1) is 0 Å². The summed E-state index contributed by atoms with van der Waals surface area (Å²) in [6.07, 6.45) is 1.35. The van der Waals surface area contributed by atoms with Crippen molar-refractivity contribution in [3.8, 4) is 22.9 Å². The van der Waals surface area contributed by atoms with Crippen molar-refractivity contribution in [2.24, 2.45) is 5.10 Å². The molecule has 1 N–H and O–H groups in total. The highest BCUT2D eigenvalue weighted by atomic mass is 79.9. The van der Waals surface area contributed by atoms with Gasteiger partial charge in [0.15, 0.2) is 12.4 Å². The van der Waals surface area contributed by atoms with E-state index in [-0.39, 0.29) is 21.8 Å². The molecule has 0 saturated heterocycles. The molecular weight excluding hydrogens is 678 g/mol. The van der Waals surface area contributed by atoms with Gasteiger partial charge in [0, 0.05) is 22.9 Å². The zero-order chi connectivity index (χ0) is 34.5. The van der Waals surface area contributed by atoms with E-state index in [2.05, 4.69) is 40.2 Å². The van der Waals surface area contributed by atoms with Crippen molar-refractivity contribution < 1.29 is 19.2 Å². The molecule has 0 aliphatic heterocycles. The normalized spacial score (nSPS) is 11.3. The average Bonchev–Trinajstić information content (AvgIpc) is 3.04. The lowest BCUT2D eigenvalue weighted by Gasteiger charge is -2.18. The zero-order valence-corrected chi connectivity index (χ0v) is 28.7. The van der Waals surface area contributed by atoms with E-state index in [0.29, 0.717) is 40.1 Å². The van der Waals surface area contributed by atoms with E-state index >= 15 is 0 Å². The number of rotatable bonds is 11. The third kappa shape index (κ3) is 7.28. The van der Waals surface area contributed by atoms with E-state index in [4.69, 9.17) is 14.5 Å². The molecule has 0 atom stereocenters. The van der Waals surface area contributed by atoms with Gasteiger partial charge in [-0.1, -0.05) is 44.2 Å². The number of carbonyl (C=O) groups excluding carboxylic acids is 1. The van der Waals surface area contributed by atoms with Gasteiger partial charge >= 0.3 is 5.69 Å². The van der Waals surface area contributed by atoms with Crippen LogP contribution < -0.4 is 20.3 Å². The number of para-hydroxylation sites is 2. The van der Waals surface area contributed by atoms with Gasteiger partial charge in [0.25, 0.3) is 11.5 Å². The van der Waals surface area contributed by atoms with E-state index in [1.54, 1.807) is 36.4 Å². The summed E-state index contributed by atoms with van der Waals surface area (Å²) in [6, 6.07) is 21.0. The van der Waals surface area contributed by atoms with Gasteiger partial charge in [0.1, 0.15) is 5.75 Å². The monoisotopic (exact) mass is 711 g/mol. The highest BCUT2D eigenvalue weighted by Crippen LogP contribution is 2.37. The highest BCUT2D eigenvalue weighted by Gasteiger charge is 2.22. The van der Waals surface area contributed by atoms with Gasteiger partial charge in [-0.3, -0.25) is 19.7 Å². The smallest absolute Gasteiger partial charge is 0.312 e. The summed E-state index contributed by atoms with van der Waals surface area (Å²) in [5.74, 6) is 0.609. The molecule has 1 amide bonds. The number of hydrogen-bond donors (Lipinski definition) is 1. The van der Waals surface area contributed by atoms with E-state index in [1.165, 1.54) is 17.0 Å². The van der Waals surface area contributed by atoms with E-state index in [1.807, 2.05) is 51.1 Å². The molecule has 5 rings (SSSR count). The van der Waals surface area contributed by atoms with Crippen molar-refractivity contribution in [3.05, 3.63) is 120 Å². The number of nitro groups is 1. The standard InChI is InChI=1S/C36H34BrN5O6/c1-6-47-32-15-23(5)27(18-26(32)21(2)3)35-40-30-14-10-8-12-25(30)36(44)41(35)38-19-24-16-28(37)34(31(17-24)42(45)46)48-20-33(43)39-29-13-9-7-11-22(29)4/h7-19,21H,6,20H2,1-5H3,(H,39,43). The highest BCUT2D eigenvalue weighted by molar-refractivity contribution is 9.10. The number of benzene rings is 4. The largest absolute Gasteiger partial charge is 0.494 e. The maximum absolute atomic E-state index is 13.8. The Morgan fingerprint density at radius 3 is 2.50 bits per heavy atom. The lowest BCUT2D eigenvalue weighted by atomic mass is 9.96. The molecule has 1 heterocycles. The molecule has 11 nitrogen and oxygen atoms in total. The number of nitrogens with zero attached hydrogens (tertiary/aromatic N) is 4. The second-order valence-corrected chi connectivity index (χ2v) is 12.2. The van der Waals surface area contributed by atoms with Gasteiger partial charge < -0.3 is 14.8 Å². The molecule has 0 fully saturated rings. The second kappa shape index (κ2) is 14.6. The van der Waals surface area contributed by atoms with Crippen LogP contribution in [0.4, 0.5) is 11.4 Å². The molecule has 0 aliphatic carbocycles. The molecule has 0 unspecified atom stereocenters. The maximum Gasteiger partial charge on any atom is 0.312 e. The molecule has 0 bridgehead atoms. The van der Waals surface area contributed by atoms with Crippen molar-refractivity contribution >= 4 is 50.3 Å². The Bertz CT molecular complexity index is 2130. The summed E-state index contributed by atoms with van der Waals surface area (Å²) >= 11 is 3.35. The first kappa shape index (κ1) is 34.0. The van der Waals surface area contributed by atoms with Crippen molar-refractivity contribution in [3.63, 3.8) is 0 Å². The van der Waals surface area contributed by atoms with E-state index < -0.39 is 23.0 Å². The lowest BCUT2D eigenvalue weighted by Crippen LogP contribution is -2.21. The average molecular weight is 713 g/mol. The summed E-state index contributed by atoms with van der Waals surface area (Å²) in [7, 11) is 0. The minimum atomic E-state index is -0.609. The van der Waals surface area contributed by atoms with E-state index in [0.717, 1.165) is 22.4 Å². The molecule has 12 heteroatoms. The fourth-order valence-electron chi connectivity index (χ4n) is 5.19. The van der Waals surface area contributed by atoms with Crippen LogP contribution in [0, 0.1) is 24.0 Å². The zero-order valence-electron chi connectivity index (χ0n) is 27.1. The number of nitrogens with one attached hydrogen (secondary N) is 1. The quantitative estimate of drug-likeness (QED) is 0.0839. The van der Waals surface area contributed by atoms with Gasteiger partial charge in [-0.05, 0) is 95.7 Å². The number of amides is 1. The maximum atomic E-state index is 13.8. The molecule has 0 spiro atoms. The number of fused-ring (bicyclic) bond motifs is 1. The molecule has 0 aliphatic rings. The van der Waals surface area contributed by atoms with Crippen LogP contribution >= 0.6 is 15.9 Å². The first-order chi connectivity index (χ1) is 23.0. The first-order valence-corrected chi connectivity index (χ1v) is 16.1. The summed E-state index contributed by atoms with van der Waals surface area (Å²) in [5.41, 5.74) is 3.99. The van der Waals surface area contributed by atoms with Crippen LogP contribution in [0.15, 0.2) is 87.2 Å². The molecule has 246 valence electrons. The summed E-state index contributed by atoms with van der Waals surface area (Å²) in [6.45, 7) is 9.87. The predicted octanol–water partition coefficient (Wildman–Crippen LogP) is 7.77. The topological polar surface area (TPSA) is 138 Å². The fraction of sp³-hybridized carbons (Fsp3) is 0.222. The number of aryl methyl sites for hydroxylation is 2. The van der Waals surface area contributed by atoms with Gasteiger partial charge in [-0.25, -0.2) is 4.98 Å². The number of aromatic nitrogens is 2. The van der Waals surface area contributed by atoms with Gasteiger partial charge in [0.2, 0.25) is 5.75 Å². The van der Waals surface area contributed by atoms with Crippen molar-refractivity contribution in [1.82, 2.24) is 9.66 Å². The predicted molar refractivity (Wildman–Crippen MR) is 191 cm³/mol. The third-order valence-electron chi connectivity index (χ3n) is 7.61. The Labute approximate surface area is 285 Å². The fourth-order valence-corrected chi connectivity index (χ4v) is 5.77. The minimum absolute atomic E-state index is 0.117. The Balaban J connectivity index is 1.54. The van der Waals surface area contributed by atoms with Crippen molar-refractivity contribution in [1.29, 1.82) is 0 Å². The minimum Gasteiger partial charge on any atom is -0.494 e. The van der Waals surface area contributed by atoms with Crippen molar-refractivity contribution in [2.45, 2.75) is 40.5 Å². The Kier molecular flexibility index (Phi) is 10.3. The molecule has 0 saturated carbocycles. The molecular formula is C36H34BrN5O6. The summed E-state index contributed by atoms with van der Waals surface area (Å²) in [5, 5.41) is 19.7. The van der Waals surface area contributed by atoms with Crippen LogP contribution in [0.1, 0.15) is 48.9 Å². The van der Waals surface area contributed by atoms with Crippen LogP contribution in [-0.2, 0) is 4.79 Å². The second-order valence-electron chi connectivity index (χ2n) is 11.4. The molecule has 0 radical (unpaired) electrons. The first-order valence-electron chi connectivity index (χ1n) is 15.3. The van der Waals surface area contributed by atoms with Crippen molar-refractivity contribution in [2.75, 3.05) is 18.5 Å². The van der Waals surface area contributed by atoms with Gasteiger partial charge in [-0.2, -0.15) is 9.78 Å². The van der Waals surface area contributed by atoms with Crippen LogP contribution in [0.25, 0.3) is 22.3 Å². The number of carbonyl (C=O) groups is 1.